The Kier molecular flexibility index (Phi) is 10.7. The number of unbranched alkanes of at least 4 members (excludes halogenated alkanes) is 4. The molecule has 2 N–H and O–H groups in total. The summed E-state index contributed by atoms with van der Waals surface area (Å²) in [7, 11) is 0. The van der Waals surface area contributed by atoms with Gasteiger partial charge in [0.2, 0.25) is 0 Å². The first kappa shape index (κ1) is 23.7. The number of benzene rings is 2. The van der Waals surface area contributed by atoms with E-state index < -0.39 is 0 Å². The Morgan fingerprint density at radius 2 is 1.57 bits per heavy atom. The largest absolute Gasteiger partial charge is 0.494 e. The Bertz CT molecular complexity index is 793. The number of anilines is 1. The van der Waals surface area contributed by atoms with Gasteiger partial charge in [0.1, 0.15) is 11.5 Å². The van der Waals surface area contributed by atoms with Crippen LogP contribution in [0.25, 0.3) is 0 Å². The van der Waals surface area contributed by atoms with E-state index in [1.807, 2.05) is 42.5 Å². The summed E-state index contributed by atoms with van der Waals surface area (Å²) in [5, 5.41) is 5.98. The van der Waals surface area contributed by atoms with Gasteiger partial charge in [-0.05, 0) is 61.5 Å². The molecule has 0 bridgehead atoms. The van der Waals surface area contributed by atoms with Gasteiger partial charge in [0.05, 0.1) is 18.8 Å². The molecule has 0 unspecified atom stereocenters. The fourth-order valence-electron chi connectivity index (χ4n) is 2.79. The molecule has 1 amide bonds. The Balaban J connectivity index is 1.86. The summed E-state index contributed by atoms with van der Waals surface area (Å²) in [5.41, 5.74) is 1.25. The molecule has 6 heteroatoms. The predicted octanol–water partition coefficient (Wildman–Crippen LogP) is 5.95. The summed E-state index contributed by atoms with van der Waals surface area (Å²) in [5.74, 6) is 1.09. The second kappa shape index (κ2) is 13.6. The molecule has 0 aromatic heterocycles. The van der Waals surface area contributed by atoms with Crippen molar-refractivity contribution < 1.29 is 14.3 Å². The lowest BCUT2D eigenvalue weighted by Gasteiger charge is -2.13. The highest BCUT2D eigenvalue weighted by Crippen LogP contribution is 2.19. The lowest BCUT2D eigenvalue weighted by Crippen LogP contribution is -2.34. The molecule has 0 saturated heterocycles. The number of rotatable bonds is 12. The van der Waals surface area contributed by atoms with Crippen LogP contribution >= 0.6 is 12.2 Å². The zero-order valence-electron chi connectivity index (χ0n) is 17.9. The number of amides is 1. The molecule has 0 atom stereocenters. The highest BCUT2D eigenvalue weighted by Gasteiger charge is 2.13. The number of para-hydroxylation sites is 1. The zero-order chi connectivity index (χ0) is 21.6. The van der Waals surface area contributed by atoms with Crippen LogP contribution in [0.5, 0.6) is 11.5 Å². The van der Waals surface area contributed by atoms with E-state index in [4.69, 9.17) is 21.7 Å². The van der Waals surface area contributed by atoms with Crippen molar-refractivity contribution in [3.8, 4) is 11.5 Å². The van der Waals surface area contributed by atoms with E-state index in [2.05, 4.69) is 24.5 Å². The fraction of sp³-hybridized carbons (Fsp3) is 0.417. The molecule has 0 spiro atoms. The minimum absolute atomic E-state index is 0.234. The van der Waals surface area contributed by atoms with Gasteiger partial charge in [0, 0.05) is 5.69 Å². The van der Waals surface area contributed by atoms with Crippen molar-refractivity contribution in [2.24, 2.45) is 0 Å². The van der Waals surface area contributed by atoms with Crippen molar-refractivity contribution in [2.75, 3.05) is 18.5 Å². The number of thiocarbonyl (C=S) groups is 1. The minimum Gasteiger partial charge on any atom is -0.494 e. The van der Waals surface area contributed by atoms with E-state index in [-0.39, 0.29) is 11.0 Å². The van der Waals surface area contributed by atoms with Crippen molar-refractivity contribution in [2.45, 2.75) is 52.4 Å². The van der Waals surface area contributed by atoms with Crippen LogP contribution in [0, 0.1) is 0 Å². The van der Waals surface area contributed by atoms with E-state index in [9.17, 15) is 4.79 Å². The monoisotopic (exact) mass is 428 g/mol. The quantitative estimate of drug-likeness (QED) is 0.323. The standard InChI is InChI=1S/C24H32N2O3S/c1-3-5-7-10-18-29-22-12-9-8-11-21(22)23(27)26-24(30)25-19-13-15-20(16-14-19)28-17-6-4-2/h8-9,11-16H,3-7,10,17-18H2,1-2H3,(H2,25,26,27,30). The molecule has 2 rings (SSSR count). The SMILES string of the molecule is CCCCCCOc1ccccc1C(=O)NC(=S)Nc1ccc(OCCCC)cc1. The number of nitrogens with one attached hydrogen (secondary N) is 2. The third-order valence-electron chi connectivity index (χ3n) is 4.49. The van der Waals surface area contributed by atoms with Gasteiger partial charge in [-0.1, -0.05) is 51.7 Å². The van der Waals surface area contributed by atoms with Crippen LogP contribution in [-0.4, -0.2) is 24.2 Å². The minimum atomic E-state index is -0.295. The molecule has 0 aliphatic carbocycles. The molecule has 0 radical (unpaired) electrons. The summed E-state index contributed by atoms with van der Waals surface area (Å²) < 4.78 is 11.5. The molecule has 2 aromatic rings. The third kappa shape index (κ3) is 8.41. The molecule has 0 fully saturated rings. The highest BCUT2D eigenvalue weighted by atomic mass is 32.1. The van der Waals surface area contributed by atoms with E-state index in [1.54, 1.807) is 6.07 Å². The summed E-state index contributed by atoms with van der Waals surface area (Å²) >= 11 is 5.29. The molecule has 0 saturated carbocycles. The first-order valence-electron chi connectivity index (χ1n) is 10.7. The van der Waals surface area contributed by atoms with Gasteiger partial charge < -0.3 is 14.8 Å². The third-order valence-corrected chi connectivity index (χ3v) is 4.70. The Morgan fingerprint density at radius 1 is 0.867 bits per heavy atom. The van der Waals surface area contributed by atoms with Crippen molar-refractivity contribution in [3.05, 3.63) is 54.1 Å². The van der Waals surface area contributed by atoms with Gasteiger partial charge in [0.15, 0.2) is 5.11 Å². The van der Waals surface area contributed by atoms with E-state index in [0.717, 1.165) is 37.1 Å². The smallest absolute Gasteiger partial charge is 0.261 e. The van der Waals surface area contributed by atoms with Crippen LogP contribution < -0.4 is 20.1 Å². The Hall–Kier alpha value is -2.60. The molecule has 2 aromatic carbocycles. The number of hydrogen-bond acceptors (Lipinski definition) is 4. The summed E-state index contributed by atoms with van der Waals surface area (Å²) in [6, 6.07) is 14.7. The topological polar surface area (TPSA) is 59.6 Å². The highest BCUT2D eigenvalue weighted by molar-refractivity contribution is 7.80. The predicted molar refractivity (Wildman–Crippen MR) is 127 cm³/mol. The normalized spacial score (nSPS) is 10.3. The van der Waals surface area contributed by atoms with Gasteiger partial charge >= 0.3 is 0 Å². The van der Waals surface area contributed by atoms with Crippen LogP contribution in [0.4, 0.5) is 5.69 Å². The summed E-state index contributed by atoms with van der Waals surface area (Å²) in [4.78, 5) is 12.7. The summed E-state index contributed by atoms with van der Waals surface area (Å²) in [6.45, 7) is 5.61. The maximum Gasteiger partial charge on any atom is 0.261 e. The number of hydrogen-bond donors (Lipinski definition) is 2. The average Bonchev–Trinajstić information content (AvgIpc) is 2.75. The first-order chi connectivity index (χ1) is 14.6. The average molecular weight is 429 g/mol. The lowest BCUT2D eigenvalue weighted by molar-refractivity contribution is 0.0973. The maximum atomic E-state index is 12.7. The van der Waals surface area contributed by atoms with Crippen LogP contribution in [0.2, 0.25) is 0 Å². The van der Waals surface area contributed by atoms with Gasteiger partial charge in [-0.25, -0.2) is 0 Å². The van der Waals surface area contributed by atoms with Crippen molar-refractivity contribution in [1.29, 1.82) is 0 Å². The molecule has 162 valence electrons. The van der Waals surface area contributed by atoms with Gasteiger partial charge in [0.25, 0.3) is 5.91 Å². The maximum absolute atomic E-state index is 12.7. The van der Waals surface area contributed by atoms with E-state index in [0.29, 0.717) is 24.5 Å². The number of carbonyl (C=O) groups excluding carboxylic acids is 1. The van der Waals surface area contributed by atoms with Gasteiger partial charge in [-0.2, -0.15) is 0 Å². The first-order valence-corrected chi connectivity index (χ1v) is 11.1. The number of ether oxygens (including phenoxy) is 2. The molecular formula is C24H32N2O3S. The van der Waals surface area contributed by atoms with E-state index in [1.165, 1.54) is 12.8 Å². The molecular weight excluding hydrogens is 396 g/mol. The van der Waals surface area contributed by atoms with Crippen molar-refractivity contribution >= 4 is 28.9 Å². The molecule has 5 nitrogen and oxygen atoms in total. The van der Waals surface area contributed by atoms with Crippen LogP contribution in [0.3, 0.4) is 0 Å². The molecule has 0 aliphatic heterocycles. The van der Waals surface area contributed by atoms with Gasteiger partial charge in [-0.3, -0.25) is 10.1 Å². The fourth-order valence-corrected chi connectivity index (χ4v) is 3.00. The molecule has 0 aliphatic rings. The zero-order valence-corrected chi connectivity index (χ0v) is 18.7. The number of carbonyl (C=O) groups is 1. The van der Waals surface area contributed by atoms with E-state index >= 15 is 0 Å². The molecule has 0 heterocycles. The van der Waals surface area contributed by atoms with Crippen LogP contribution in [0.1, 0.15) is 62.7 Å². The summed E-state index contributed by atoms with van der Waals surface area (Å²) in [6.07, 6.45) is 6.60. The van der Waals surface area contributed by atoms with Gasteiger partial charge in [-0.15, -0.1) is 0 Å². The second-order valence-electron chi connectivity index (χ2n) is 7.04. The van der Waals surface area contributed by atoms with Crippen molar-refractivity contribution in [1.82, 2.24) is 5.32 Å². The molecule has 30 heavy (non-hydrogen) atoms. The van der Waals surface area contributed by atoms with Crippen LogP contribution in [0.15, 0.2) is 48.5 Å². The Morgan fingerprint density at radius 3 is 2.30 bits per heavy atom. The second-order valence-corrected chi connectivity index (χ2v) is 7.45. The lowest BCUT2D eigenvalue weighted by atomic mass is 10.2. The van der Waals surface area contributed by atoms with Crippen LogP contribution in [-0.2, 0) is 0 Å². The van der Waals surface area contributed by atoms with Crippen molar-refractivity contribution in [3.63, 3.8) is 0 Å². The Labute approximate surface area is 185 Å².